The van der Waals surface area contributed by atoms with Crippen molar-refractivity contribution in [1.82, 2.24) is 0 Å². The highest BCUT2D eigenvalue weighted by molar-refractivity contribution is 9.10. The summed E-state index contributed by atoms with van der Waals surface area (Å²) in [5.41, 5.74) is 2.54. The van der Waals surface area contributed by atoms with Crippen LogP contribution in [0.1, 0.15) is 13.8 Å². The molecule has 0 saturated heterocycles. The van der Waals surface area contributed by atoms with Gasteiger partial charge in [-0.15, -0.1) is 0 Å². The minimum atomic E-state index is 0.515. The summed E-state index contributed by atoms with van der Waals surface area (Å²) >= 11 is 3.58. The second kappa shape index (κ2) is 3.81. The maximum atomic E-state index is 3.58. The van der Waals surface area contributed by atoms with E-state index in [0.29, 0.717) is 6.04 Å². The van der Waals surface area contributed by atoms with Crippen molar-refractivity contribution in [1.29, 1.82) is 0 Å². The lowest BCUT2D eigenvalue weighted by Crippen LogP contribution is -2.39. The number of anilines is 2. The molecule has 0 bridgehead atoms. The fraction of sp³-hybridized carbons (Fsp3) is 0.455. The number of hydrogen-bond donors (Lipinski definition) is 1. The molecule has 1 aliphatic rings. The van der Waals surface area contributed by atoms with Gasteiger partial charge in [-0.1, -0.05) is 6.07 Å². The van der Waals surface area contributed by atoms with Crippen LogP contribution in [0.5, 0.6) is 0 Å². The quantitative estimate of drug-likeness (QED) is 0.829. The predicted octanol–water partition coefficient (Wildman–Crippen LogP) is 3.09. The Kier molecular flexibility index (Phi) is 2.68. The highest BCUT2D eigenvalue weighted by Crippen LogP contribution is 2.36. The van der Waals surface area contributed by atoms with Crippen molar-refractivity contribution in [3.63, 3.8) is 0 Å². The molecule has 1 aliphatic heterocycles. The van der Waals surface area contributed by atoms with Crippen molar-refractivity contribution in [2.75, 3.05) is 23.3 Å². The van der Waals surface area contributed by atoms with E-state index in [4.69, 9.17) is 0 Å². The maximum Gasteiger partial charge on any atom is 0.0725 e. The zero-order chi connectivity index (χ0) is 10.1. The molecule has 76 valence electrons. The van der Waals surface area contributed by atoms with Gasteiger partial charge in [0.2, 0.25) is 0 Å². The fourth-order valence-electron chi connectivity index (χ4n) is 1.94. The minimum Gasteiger partial charge on any atom is -0.378 e. The average Bonchev–Trinajstić information content (AvgIpc) is 2.18. The van der Waals surface area contributed by atoms with Crippen LogP contribution in [0.3, 0.4) is 0 Å². The first-order valence-electron chi connectivity index (χ1n) is 5.02. The van der Waals surface area contributed by atoms with E-state index < -0.39 is 0 Å². The fourth-order valence-corrected chi connectivity index (χ4v) is 2.41. The van der Waals surface area contributed by atoms with Gasteiger partial charge >= 0.3 is 0 Å². The van der Waals surface area contributed by atoms with Crippen LogP contribution in [-0.4, -0.2) is 19.1 Å². The summed E-state index contributed by atoms with van der Waals surface area (Å²) in [4.78, 5) is 2.40. The molecule has 2 rings (SSSR count). The second-order valence-electron chi connectivity index (χ2n) is 3.72. The summed E-state index contributed by atoms with van der Waals surface area (Å²) in [5, 5.41) is 3.50. The van der Waals surface area contributed by atoms with E-state index in [1.54, 1.807) is 0 Å². The summed E-state index contributed by atoms with van der Waals surface area (Å²) < 4.78 is 1.15. The molecule has 0 saturated carbocycles. The summed E-state index contributed by atoms with van der Waals surface area (Å²) in [6.07, 6.45) is 0. The molecular formula is C11H15BrN2. The first-order chi connectivity index (χ1) is 6.72. The first-order valence-corrected chi connectivity index (χ1v) is 5.81. The molecule has 0 aromatic heterocycles. The van der Waals surface area contributed by atoms with E-state index in [0.717, 1.165) is 17.6 Å². The van der Waals surface area contributed by atoms with Crippen LogP contribution >= 0.6 is 15.9 Å². The Morgan fingerprint density at radius 2 is 2.36 bits per heavy atom. The third-order valence-corrected chi connectivity index (χ3v) is 3.26. The minimum absolute atomic E-state index is 0.515. The van der Waals surface area contributed by atoms with Gasteiger partial charge in [0.05, 0.1) is 11.4 Å². The van der Waals surface area contributed by atoms with E-state index >= 15 is 0 Å². The zero-order valence-electron chi connectivity index (χ0n) is 8.55. The molecule has 2 nitrogen and oxygen atoms in total. The molecule has 0 amide bonds. The standard InChI is InChI=1S/C11H15BrN2/c1-3-14-7-8(2)13-11-9(12)5-4-6-10(11)14/h4-6,8,13H,3,7H2,1-2H3. The van der Waals surface area contributed by atoms with Gasteiger partial charge in [-0.05, 0) is 41.9 Å². The summed E-state index contributed by atoms with van der Waals surface area (Å²) in [5.74, 6) is 0. The van der Waals surface area contributed by atoms with E-state index in [-0.39, 0.29) is 0 Å². The normalized spacial score (nSPS) is 20.2. The number of para-hydroxylation sites is 1. The lowest BCUT2D eigenvalue weighted by Gasteiger charge is -2.35. The number of hydrogen-bond acceptors (Lipinski definition) is 2. The van der Waals surface area contributed by atoms with Gasteiger partial charge in [0, 0.05) is 23.6 Å². The largest absolute Gasteiger partial charge is 0.378 e. The van der Waals surface area contributed by atoms with Crippen molar-refractivity contribution in [3.05, 3.63) is 22.7 Å². The van der Waals surface area contributed by atoms with E-state index in [1.165, 1.54) is 11.4 Å². The predicted molar refractivity (Wildman–Crippen MR) is 65.1 cm³/mol. The lowest BCUT2D eigenvalue weighted by atomic mass is 10.1. The zero-order valence-corrected chi connectivity index (χ0v) is 10.1. The van der Waals surface area contributed by atoms with Gasteiger partial charge in [-0.3, -0.25) is 0 Å². The van der Waals surface area contributed by atoms with Gasteiger partial charge in [0.1, 0.15) is 0 Å². The topological polar surface area (TPSA) is 15.3 Å². The monoisotopic (exact) mass is 254 g/mol. The van der Waals surface area contributed by atoms with Gasteiger partial charge in [0.15, 0.2) is 0 Å². The maximum absolute atomic E-state index is 3.58. The lowest BCUT2D eigenvalue weighted by molar-refractivity contribution is 0.702. The molecule has 1 heterocycles. The highest BCUT2D eigenvalue weighted by atomic mass is 79.9. The van der Waals surface area contributed by atoms with Crippen LogP contribution in [0.4, 0.5) is 11.4 Å². The third kappa shape index (κ3) is 1.61. The third-order valence-electron chi connectivity index (χ3n) is 2.60. The molecule has 3 heteroatoms. The second-order valence-corrected chi connectivity index (χ2v) is 4.57. The molecule has 1 aromatic rings. The van der Waals surface area contributed by atoms with Crippen LogP contribution in [0.25, 0.3) is 0 Å². The van der Waals surface area contributed by atoms with Crippen LogP contribution in [-0.2, 0) is 0 Å². The molecule has 0 fully saturated rings. The number of benzene rings is 1. The Morgan fingerprint density at radius 3 is 3.07 bits per heavy atom. The van der Waals surface area contributed by atoms with Crippen molar-refractivity contribution >= 4 is 27.3 Å². The summed E-state index contributed by atoms with van der Waals surface area (Å²) in [6, 6.07) is 6.85. The van der Waals surface area contributed by atoms with Gasteiger partial charge in [0.25, 0.3) is 0 Å². The van der Waals surface area contributed by atoms with Crippen molar-refractivity contribution < 1.29 is 0 Å². The van der Waals surface area contributed by atoms with Gasteiger partial charge < -0.3 is 10.2 Å². The molecule has 1 unspecified atom stereocenters. The van der Waals surface area contributed by atoms with Crippen molar-refractivity contribution in [2.24, 2.45) is 0 Å². The molecule has 1 atom stereocenters. The highest BCUT2D eigenvalue weighted by Gasteiger charge is 2.20. The number of fused-ring (bicyclic) bond motifs is 1. The van der Waals surface area contributed by atoms with Crippen LogP contribution in [0, 0.1) is 0 Å². The number of rotatable bonds is 1. The number of nitrogens with one attached hydrogen (secondary N) is 1. The molecular weight excluding hydrogens is 240 g/mol. The summed E-state index contributed by atoms with van der Waals surface area (Å²) in [7, 11) is 0. The Hall–Kier alpha value is -0.700. The molecule has 0 aliphatic carbocycles. The molecule has 0 radical (unpaired) electrons. The molecule has 1 N–H and O–H groups in total. The Morgan fingerprint density at radius 1 is 1.57 bits per heavy atom. The van der Waals surface area contributed by atoms with E-state index in [9.17, 15) is 0 Å². The smallest absolute Gasteiger partial charge is 0.0725 e. The number of likely N-dealkylation sites (N-methyl/N-ethyl adjacent to an activating group) is 1. The number of halogens is 1. The SMILES string of the molecule is CCN1CC(C)Nc2c(Br)cccc21. The van der Waals surface area contributed by atoms with Crippen LogP contribution in [0.15, 0.2) is 22.7 Å². The van der Waals surface area contributed by atoms with Crippen molar-refractivity contribution in [2.45, 2.75) is 19.9 Å². The van der Waals surface area contributed by atoms with E-state index in [1.807, 2.05) is 0 Å². The van der Waals surface area contributed by atoms with Gasteiger partial charge in [-0.2, -0.15) is 0 Å². The molecule has 0 spiro atoms. The Labute approximate surface area is 93.4 Å². The number of nitrogens with zero attached hydrogens (tertiary/aromatic N) is 1. The Balaban J connectivity index is 2.45. The summed E-state index contributed by atoms with van der Waals surface area (Å²) in [6.45, 7) is 6.56. The van der Waals surface area contributed by atoms with Crippen LogP contribution in [0.2, 0.25) is 0 Å². The van der Waals surface area contributed by atoms with Crippen LogP contribution < -0.4 is 10.2 Å². The molecule has 1 aromatic carbocycles. The molecule has 14 heavy (non-hydrogen) atoms. The Bertz CT molecular complexity index is 338. The van der Waals surface area contributed by atoms with Crippen molar-refractivity contribution in [3.8, 4) is 0 Å². The van der Waals surface area contributed by atoms with Gasteiger partial charge in [-0.25, -0.2) is 0 Å². The first kappa shape index (κ1) is 9.84. The average molecular weight is 255 g/mol. The van der Waals surface area contributed by atoms with E-state index in [2.05, 4.69) is 58.2 Å².